The smallest absolute Gasteiger partial charge is 0.344 e. The number of rotatable bonds is 15. The Morgan fingerprint density at radius 3 is 2.24 bits per heavy atom. The van der Waals surface area contributed by atoms with Crippen molar-refractivity contribution in [2.45, 2.75) is 70.8 Å². The van der Waals surface area contributed by atoms with E-state index in [1.807, 2.05) is 0 Å². The van der Waals surface area contributed by atoms with Gasteiger partial charge in [0.1, 0.15) is 10.1 Å². The number of hydrogen-bond donors (Lipinski definition) is 2. The highest BCUT2D eigenvalue weighted by atomic mass is 32.2. The molecule has 7 nitrogen and oxygen atoms in total. The molecule has 1 aliphatic heterocycles. The Labute approximate surface area is 204 Å². The molecule has 1 aromatic rings. The molecule has 0 aliphatic carbocycles. The Morgan fingerprint density at radius 1 is 1.06 bits per heavy atom. The Morgan fingerprint density at radius 2 is 1.67 bits per heavy atom. The zero-order valence-corrected chi connectivity index (χ0v) is 20.5. The molecule has 33 heavy (non-hydrogen) atoms. The summed E-state index contributed by atoms with van der Waals surface area (Å²) in [6.07, 6.45) is 8.24. The number of carbonyl (C=O) groups excluding carboxylic acids is 1. The van der Waals surface area contributed by atoms with Gasteiger partial charge in [-0.1, -0.05) is 75.1 Å². The number of ether oxygens (including phenoxy) is 1. The zero-order chi connectivity index (χ0) is 24.2. The number of carbonyl (C=O) groups is 3. The van der Waals surface area contributed by atoms with Gasteiger partial charge in [-0.3, -0.25) is 14.5 Å². The first kappa shape index (κ1) is 26.9. The number of hydrogen-bond acceptors (Lipinski definition) is 6. The highest BCUT2D eigenvalue weighted by Gasteiger charge is 2.31. The number of thioether (sulfide) groups is 1. The van der Waals surface area contributed by atoms with E-state index in [0.29, 0.717) is 27.9 Å². The molecule has 180 valence electrons. The van der Waals surface area contributed by atoms with E-state index < -0.39 is 18.0 Å². The fourth-order valence-electron chi connectivity index (χ4n) is 3.39. The molecule has 1 saturated heterocycles. The van der Waals surface area contributed by atoms with E-state index in [2.05, 4.69) is 0 Å². The second-order valence-corrected chi connectivity index (χ2v) is 9.55. The van der Waals surface area contributed by atoms with Crippen LogP contribution in [0.5, 0.6) is 5.75 Å². The number of aliphatic carboxylic acids is 2. The maximum absolute atomic E-state index is 12.8. The van der Waals surface area contributed by atoms with Gasteiger partial charge in [-0.05, 0) is 43.0 Å². The summed E-state index contributed by atoms with van der Waals surface area (Å²) in [5.41, 5.74) is 0.814. The van der Waals surface area contributed by atoms with Gasteiger partial charge in [-0.25, -0.2) is 4.79 Å². The SMILES string of the molecule is CCC(Oc1ccc(/C=C2\SC(=S)N(CCCCCCCCCC(=O)O)C2=O)cc1)C(=O)O. The molecule has 1 aliphatic rings. The van der Waals surface area contributed by atoms with Crippen molar-refractivity contribution < 1.29 is 29.3 Å². The first-order valence-corrected chi connectivity index (χ1v) is 12.5. The average Bonchev–Trinajstić information content (AvgIpc) is 3.04. The standard InChI is InChI=1S/C24H31NO6S2/c1-2-19(23(29)30)31-18-13-11-17(12-14-18)16-20-22(28)25(24(32)33-20)15-9-7-5-3-4-6-8-10-21(26)27/h11-14,16,19H,2-10,15H2,1H3,(H,26,27)(H,29,30)/b20-16-. The van der Waals surface area contributed by atoms with Crippen molar-refractivity contribution in [3.63, 3.8) is 0 Å². The summed E-state index contributed by atoms with van der Waals surface area (Å²) in [7, 11) is 0. The van der Waals surface area contributed by atoms with Crippen molar-refractivity contribution in [2.24, 2.45) is 0 Å². The van der Waals surface area contributed by atoms with E-state index >= 15 is 0 Å². The number of amides is 1. The summed E-state index contributed by atoms with van der Waals surface area (Å²) in [5.74, 6) is -1.35. The van der Waals surface area contributed by atoms with E-state index in [1.165, 1.54) is 11.8 Å². The lowest BCUT2D eigenvalue weighted by molar-refractivity contribution is -0.145. The molecule has 1 atom stereocenters. The number of thiocarbonyl (C=S) groups is 1. The van der Waals surface area contributed by atoms with Crippen molar-refractivity contribution in [1.29, 1.82) is 0 Å². The summed E-state index contributed by atoms with van der Waals surface area (Å²) in [6.45, 7) is 2.35. The van der Waals surface area contributed by atoms with Crippen LogP contribution in [-0.2, 0) is 14.4 Å². The van der Waals surface area contributed by atoms with Crippen LogP contribution in [0.15, 0.2) is 29.2 Å². The zero-order valence-electron chi connectivity index (χ0n) is 18.8. The van der Waals surface area contributed by atoms with Crippen molar-refractivity contribution in [1.82, 2.24) is 4.90 Å². The van der Waals surface area contributed by atoms with Gasteiger partial charge in [0.15, 0.2) is 6.10 Å². The monoisotopic (exact) mass is 493 g/mol. The van der Waals surface area contributed by atoms with Crippen LogP contribution in [0.3, 0.4) is 0 Å². The molecular formula is C24H31NO6S2. The van der Waals surface area contributed by atoms with Gasteiger partial charge in [0.2, 0.25) is 0 Å². The van der Waals surface area contributed by atoms with Crippen LogP contribution >= 0.6 is 24.0 Å². The Kier molecular flexibility index (Phi) is 11.4. The van der Waals surface area contributed by atoms with Gasteiger partial charge in [-0.15, -0.1) is 0 Å². The Hall–Kier alpha value is -2.39. The molecular weight excluding hydrogens is 462 g/mol. The molecule has 1 fully saturated rings. The molecule has 0 radical (unpaired) electrons. The van der Waals surface area contributed by atoms with E-state index in [4.69, 9.17) is 27.2 Å². The molecule has 1 aromatic carbocycles. The number of carboxylic acid groups (broad SMARTS) is 2. The van der Waals surface area contributed by atoms with Crippen molar-refractivity contribution in [3.05, 3.63) is 34.7 Å². The van der Waals surface area contributed by atoms with E-state index in [9.17, 15) is 14.4 Å². The second kappa shape index (κ2) is 14.0. The molecule has 9 heteroatoms. The van der Waals surface area contributed by atoms with Crippen LogP contribution in [0, 0.1) is 0 Å². The molecule has 1 unspecified atom stereocenters. The van der Waals surface area contributed by atoms with Crippen molar-refractivity contribution in [3.8, 4) is 5.75 Å². The van der Waals surface area contributed by atoms with Crippen LogP contribution in [0.4, 0.5) is 0 Å². The highest BCUT2D eigenvalue weighted by Crippen LogP contribution is 2.33. The third kappa shape index (κ3) is 9.17. The summed E-state index contributed by atoms with van der Waals surface area (Å²) < 4.78 is 6.02. The lowest BCUT2D eigenvalue weighted by Gasteiger charge is -2.14. The minimum Gasteiger partial charge on any atom is -0.481 e. The van der Waals surface area contributed by atoms with Crippen LogP contribution < -0.4 is 4.74 Å². The Bertz CT molecular complexity index is 868. The number of benzene rings is 1. The molecule has 2 rings (SSSR count). The van der Waals surface area contributed by atoms with Gasteiger partial charge < -0.3 is 14.9 Å². The van der Waals surface area contributed by atoms with Gasteiger partial charge in [0, 0.05) is 13.0 Å². The maximum Gasteiger partial charge on any atom is 0.344 e. The lowest BCUT2D eigenvalue weighted by Crippen LogP contribution is -2.29. The highest BCUT2D eigenvalue weighted by molar-refractivity contribution is 8.26. The predicted molar refractivity (Wildman–Crippen MR) is 133 cm³/mol. The number of nitrogens with zero attached hydrogens (tertiary/aromatic N) is 1. The molecule has 0 spiro atoms. The first-order valence-electron chi connectivity index (χ1n) is 11.3. The summed E-state index contributed by atoms with van der Waals surface area (Å²) in [6, 6.07) is 6.96. The predicted octanol–water partition coefficient (Wildman–Crippen LogP) is 5.34. The third-order valence-electron chi connectivity index (χ3n) is 5.25. The summed E-state index contributed by atoms with van der Waals surface area (Å²) in [4.78, 5) is 36.6. The fourth-order valence-corrected chi connectivity index (χ4v) is 4.70. The minimum absolute atomic E-state index is 0.0871. The fraction of sp³-hybridized carbons (Fsp3) is 0.500. The molecule has 0 saturated carbocycles. The van der Waals surface area contributed by atoms with Crippen LogP contribution in [0.2, 0.25) is 0 Å². The average molecular weight is 494 g/mol. The molecule has 0 bridgehead atoms. The van der Waals surface area contributed by atoms with Gasteiger partial charge in [0.05, 0.1) is 4.91 Å². The maximum atomic E-state index is 12.8. The van der Waals surface area contributed by atoms with E-state index in [-0.39, 0.29) is 12.3 Å². The van der Waals surface area contributed by atoms with E-state index in [0.717, 1.165) is 50.5 Å². The van der Waals surface area contributed by atoms with Crippen LogP contribution in [0.1, 0.15) is 70.3 Å². The topological polar surface area (TPSA) is 104 Å². The van der Waals surface area contributed by atoms with Crippen LogP contribution in [-0.4, -0.2) is 49.9 Å². The number of carboxylic acids is 2. The lowest BCUT2D eigenvalue weighted by atomic mass is 10.1. The molecule has 0 aromatic heterocycles. The summed E-state index contributed by atoms with van der Waals surface area (Å²) >= 11 is 6.68. The van der Waals surface area contributed by atoms with Gasteiger partial charge in [-0.2, -0.15) is 0 Å². The molecule has 1 amide bonds. The molecule has 2 N–H and O–H groups in total. The minimum atomic E-state index is -0.999. The largest absolute Gasteiger partial charge is 0.481 e. The summed E-state index contributed by atoms with van der Waals surface area (Å²) in [5, 5.41) is 17.7. The van der Waals surface area contributed by atoms with Crippen molar-refractivity contribution >= 4 is 52.2 Å². The number of unbranched alkanes of at least 4 members (excludes halogenated alkanes) is 6. The first-order chi connectivity index (χ1) is 15.8. The van der Waals surface area contributed by atoms with Gasteiger partial charge in [0.25, 0.3) is 5.91 Å². The quantitative estimate of drug-likeness (QED) is 0.192. The van der Waals surface area contributed by atoms with Crippen molar-refractivity contribution in [2.75, 3.05) is 6.54 Å². The van der Waals surface area contributed by atoms with E-state index in [1.54, 1.807) is 42.2 Å². The van der Waals surface area contributed by atoms with Crippen LogP contribution in [0.25, 0.3) is 6.08 Å². The molecule has 1 heterocycles. The Balaban J connectivity index is 1.77. The third-order valence-corrected chi connectivity index (χ3v) is 6.63. The second-order valence-electron chi connectivity index (χ2n) is 7.87. The van der Waals surface area contributed by atoms with Gasteiger partial charge >= 0.3 is 11.9 Å². The normalized spacial score (nSPS) is 15.8.